The summed E-state index contributed by atoms with van der Waals surface area (Å²) >= 11 is 0. The van der Waals surface area contributed by atoms with Gasteiger partial charge in [-0.1, -0.05) is 26.2 Å². The Balaban J connectivity index is 1.88. The summed E-state index contributed by atoms with van der Waals surface area (Å²) in [5.41, 5.74) is 0.106. The van der Waals surface area contributed by atoms with Crippen LogP contribution in [0, 0.1) is 17.2 Å². The van der Waals surface area contributed by atoms with E-state index < -0.39 is 0 Å². The number of hydrogen-bond donors (Lipinski definition) is 1. The summed E-state index contributed by atoms with van der Waals surface area (Å²) in [5, 5.41) is 12.2. The number of likely N-dealkylation sites (N-methyl/N-ethyl adjacent to an activating group) is 1. The lowest BCUT2D eigenvalue weighted by molar-refractivity contribution is -0.123. The van der Waals surface area contributed by atoms with Crippen molar-refractivity contribution in [1.29, 1.82) is 5.26 Å². The van der Waals surface area contributed by atoms with Crippen LogP contribution in [0.4, 0.5) is 0 Å². The first-order valence-electron chi connectivity index (χ1n) is 9.81. The van der Waals surface area contributed by atoms with Crippen molar-refractivity contribution in [3.05, 3.63) is 0 Å². The van der Waals surface area contributed by atoms with Crippen LogP contribution in [0.5, 0.6) is 0 Å². The summed E-state index contributed by atoms with van der Waals surface area (Å²) in [6, 6.07) is 2.24. The standard InChI is InChI=1S/C19H34N4O2/c1-3-22(14-17(2)13-20)15-18(24)21-16-19(7-5-4-6-8-19)23-9-11-25-12-10-23/h17H,3-12,14-16H2,1-2H3,(H,21,24). The number of carbonyl (C=O) groups is 1. The largest absolute Gasteiger partial charge is 0.379 e. The van der Waals surface area contributed by atoms with Crippen LogP contribution in [0.3, 0.4) is 0 Å². The summed E-state index contributed by atoms with van der Waals surface area (Å²) < 4.78 is 5.51. The van der Waals surface area contributed by atoms with Crippen LogP contribution in [-0.4, -0.2) is 73.7 Å². The molecule has 2 fully saturated rings. The minimum Gasteiger partial charge on any atom is -0.379 e. The van der Waals surface area contributed by atoms with Crippen LogP contribution in [0.1, 0.15) is 46.0 Å². The highest BCUT2D eigenvalue weighted by Gasteiger charge is 2.38. The third-order valence-corrected chi connectivity index (χ3v) is 5.65. The summed E-state index contributed by atoms with van der Waals surface area (Å²) in [7, 11) is 0. The molecule has 1 heterocycles. The molecule has 1 N–H and O–H groups in total. The Bertz CT molecular complexity index is 451. The molecule has 0 aromatic rings. The van der Waals surface area contributed by atoms with Gasteiger partial charge in [0.25, 0.3) is 0 Å². The van der Waals surface area contributed by atoms with Crippen LogP contribution in [0.25, 0.3) is 0 Å². The average molecular weight is 351 g/mol. The van der Waals surface area contributed by atoms with Crippen LogP contribution >= 0.6 is 0 Å². The summed E-state index contributed by atoms with van der Waals surface area (Å²) in [4.78, 5) is 17.1. The second-order valence-electron chi connectivity index (χ2n) is 7.52. The van der Waals surface area contributed by atoms with E-state index in [0.717, 1.165) is 52.2 Å². The van der Waals surface area contributed by atoms with E-state index in [-0.39, 0.29) is 17.4 Å². The first-order valence-corrected chi connectivity index (χ1v) is 9.81. The molecule has 2 aliphatic rings. The Morgan fingerprint density at radius 2 is 2.00 bits per heavy atom. The maximum Gasteiger partial charge on any atom is 0.234 e. The minimum absolute atomic E-state index is 0.0502. The topological polar surface area (TPSA) is 68.6 Å². The molecule has 25 heavy (non-hydrogen) atoms. The van der Waals surface area contributed by atoms with E-state index in [1.54, 1.807) is 0 Å². The molecule has 1 saturated carbocycles. The zero-order chi connectivity index (χ0) is 18.1. The quantitative estimate of drug-likeness (QED) is 0.720. The van der Waals surface area contributed by atoms with Crippen molar-refractivity contribution in [2.24, 2.45) is 5.92 Å². The number of nitriles is 1. The molecule has 0 spiro atoms. The van der Waals surface area contributed by atoms with Crippen molar-refractivity contribution < 1.29 is 9.53 Å². The number of hydrogen-bond acceptors (Lipinski definition) is 5. The predicted octanol–water partition coefficient (Wildman–Crippen LogP) is 1.62. The highest BCUT2D eigenvalue weighted by atomic mass is 16.5. The summed E-state index contributed by atoms with van der Waals surface area (Å²) in [6.07, 6.45) is 6.12. The Morgan fingerprint density at radius 1 is 1.32 bits per heavy atom. The fourth-order valence-corrected chi connectivity index (χ4v) is 4.11. The molecule has 1 amide bonds. The van der Waals surface area contributed by atoms with Gasteiger partial charge < -0.3 is 10.1 Å². The molecule has 0 radical (unpaired) electrons. The Hall–Kier alpha value is -1.16. The fourth-order valence-electron chi connectivity index (χ4n) is 4.11. The van der Waals surface area contributed by atoms with Gasteiger partial charge >= 0.3 is 0 Å². The Morgan fingerprint density at radius 3 is 2.60 bits per heavy atom. The molecule has 6 nitrogen and oxygen atoms in total. The molecular formula is C19H34N4O2. The smallest absolute Gasteiger partial charge is 0.234 e. The maximum atomic E-state index is 12.5. The normalized spacial score (nSPS) is 22.3. The number of amides is 1. The summed E-state index contributed by atoms with van der Waals surface area (Å²) in [5.74, 6) is 0.0241. The highest BCUT2D eigenvalue weighted by Crippen LogP contribution is 2.33. The van der Waals surface area contributed by atoms with Gasteiger partial charge in [-0.25, -0.2) is 0 Å². The molecule has 1 aliphatic carbocycles. The molecule has 0 bridgehead atoms. The molecule has 142 valence electrons. The molecular weight excluding hydrogens is 316 g/mol. The van der Waals surface area contributed by atoms with E-state index in [2.05, 4.69) is 16.3 Å². The van der Waals surface area contributed by atoms with E-state index in [4.69, 9.17) is 10.00 Å². The van der Waals surface area contributed by atoms with Crippen molar-refractivity contribution in [3.8, 4) is 6.07 Å². The first-order chi connectivity index (χ1) is 12.1. The van der Waals surface area contributed by atoms with Gasteiger partial charge in [-0.15, -0.1) is 0 Å². The molecule has 0 aromatic heterocycles. The molecule has 6 heteroatoms. The van der Waals surface area contributed by atoms with Gasteiger partial charge in [0.1, 0.15) is 0 Å². The first kappa shape index (κ1) is 20.2. The minimum atomic E-state index is -0.0502. The monoisotopic (exact) mass is 350 g/mol. The lowest BCUT2D eigenvalue weighted by Crippen LogP contribution is -2.60. The number of nitrogens with zero attached hydrogens (tertiary/aromatic N) is 3. The van der Waals surface area contributed by atoms with E-state index in [9.17, 15) is 4.79 Å². The SMILES string of the molecule is CCN(CC(=O)NCC1(N2CCOCC2)CCCCC1)CC(C)C#N. The van der Waals surface area contributed by atoms with Gasteiger partial charge in [0.2, 0.25) is 5.91 Å². The van der Waals surface area contributed by atoms with Crippen molar-refractivity contribution in [2.45, 2.75) is 51.5 Å². The number of rotatable bonds is 8. The number of morpholine rings is 1. The predicted molar refractivity (Wildman–Crippen MR) is 98.1 cm³/mol. The summed E-state index contributed by atoms with van der Waals surface area (Å²) in [6.45, 7) is 10.0. The van der Waals surface area contributed by atoms with Crippen LogP contribution in [0.2, 0.25) is 0 Å². The highest BCUT2D eigenvalue weighted by molar-refractivity contribution is 5.78. The molecule has 1 saturated heterocycles. The van der Waals surface area contributed by atoms with Crippen LogP contribution in [-0.2, 0) is 9.53 Å². The number of carbonyl (C=O) groups excluding carboxylic acids is 1. The van der Waals surface area contributed by atoms with E-state index in [0.29, 0.717) is 13.1 Å². The van der Waals surface area contributed by atoms with Gasteiger partial charge in [0.05, 0.1) is 31.7 Å². The zero-order valence-electron chi connectivity index (χ0n) is 15.9. The lowest BCUT2D eigenvalue weighted by Gasteiger charge is -2.48. The van der Waals surface area contributed by atoms with Crippen molar-refractivity contribution >= 4 is 5.91 Å². The molecule has 1 aliphatic heterocycles. The van der Waals surface area contributed by atoms with Crippen molar-refractivity contribution in [2.75, 3.05) is 52.5 Å². The van der Waals surface area contributed by atoms with Crippen LogP contribution < -0.4 is 5.32 Å². The zero-order valence-corrected chi connectivity index (χ0v) is 15.9. The average Bonchev–Trinajstić information content (AvgIpc) is 2.67. The third-order valence-electron chi connectivity index (χ3n) is 5.65. The van der Waals surface area contributed by atoms with E-state index in [1.807, 2.05) is 18.7 Å². The molecule has 1 unspecified atom stereocenters. The maximum absolute atomic E-state index is 12.5. The van der Waals surface area contributed by atoms with Crippen molar-refractivity contribution in [3.63, 3.8) is 0 Å². The molecule has 1 atom stereocenters. The molecule has 0 aromatic carbocycles. The van der Waals surface area contributed by atoms with E-state index in [1.165, 1.54) is 19.3 Å². The second kappa shape index (κ2) is 10.1. The van der Waals surface area contributed by atoms with Gasteiger partial charge in [-0.3, -0.25) is 14.6 Å². The van der Waals surface area contributed by atoms with Crippen molar-refractivity contribution in [1.82, 2.24) is 15.1 Å². The van der Waals surface area contributed by atoms with Gasteiger partial charge in [-0.2, -0.15) is 5.26 Å². The Kier molecular flexibility index (Phi) is 8.14. The third kappa shape index (κ3) is 5.95. The molecule has 2 rings (SSSR count). The van der Waals surface area contributed by atoms with Gasteiger partial charge in [-0.05, 0) is 26.3 Å². The Labute approximate surface area is 152 Å². The lowest BCUT2D eigenvalue weighted by atomic mass is 9.79. The number of ether oxygens (including phenoxy) is 1. The second-order valence-corrected chi connectivity index (χ2v) is 7.52. The van der Waals surface area contributed by atoms with Gasteiger partial charge in [0.15, 0.2) is 0 Å². The van der Waals surface area contributed by atoms with Crippen LogP contribution in [0.15, 0.2) is 0 Å². The van der Waals surface area contributed by atoms with Gasteiger partial charge in [0, 0.05) is 31.7 Å². The fraction of sp³-hybridized carbons (Fsp3) is 0.895. The number of nitrogens with one attached hydrogen (secondary N) is 1. The van der Waals surface area contributed by atoms with E-state index >= 15 is 0 Å².